The third-order valence-corrected chi connectivity index (χ3v) is 4.07. The lowest BCUT2D eigenvalue weighted by Gasteiger charge is -2.38. The molecule has 5 N–H and O–H groups in total. The van der Waals surface area contributed by atoms with Crippen molar-refractivity contribution in [1.82, 2.24) is 5.32 Å². The summed E-state index contributed by atoms with van der Waals surface area (Å²) in [6.45, 7) is -0.554. The summed E-state index contributed by atoms with van der Waals surface area (Å²) in [6.07, 6.45) is -8.27. The van der Waals surface area contributed by atoms with E-state index in [4.69, 9.17) is 23.4 Å². The van der Waals surface area contributed by atoms with Crippen LogP contribution in [0.15, 0.2) is 18.2 Å². The Labute approximate surface area is 155 Å². The van der Waals surface area contributed by atoms with E-state index in [0.29, 0.717) is 6.42 Å². The molecular formula is C17H25NO8. The Morgan fingerprint density at radius 3 is 2.65 bits per heavy atom. The standard InChI is InChI=1S/C17H25NO8/c1-8(18-2)6-9-4-5-10(11(7-9)24-3)25-17-14(21)12(19)13(20)15(26-17)16(22)23/h4-5,7-8,12-15,17-21H,6H2,1-3H3,(H,22,23)/t8?,12-,13-,14+,15-,17+/m0/s1/i2D3. The zero-order valence-corrected chi connectivity index (χ0v) is 14.3. The third kappa shape index (κ3) is 4.43. The number of aliphatic carboxylic acids is 1. The quantitative estimate of drug-likeness (QED) is 0.412. The van der Waals surface area contributed by atoms with Gasteiger partial charge in [-0.25, -0.2) is 4.79 Å². The predicted octanol–water partition coefficient (Wildman–Crippen LogP) is -0.883. The summed E-state index contributed by atoms with van der Waals surface area (Å²) in [5, 5.41) is 41.2. The number of ether oxygens (including phenoxy) is 3. The van der Waals surface area contributed by atoms with Gasteiger partial charge in [-0.05, 0) is 38.0 Å². The van der Waals surface area contributed by atoms with Crippen molar-refractivity contribution in [2.45, 2.75) is 50.1 Å². The van der Waals surface area contributed by atoms with Crippen LogP contribution in [0.5, 0.6) is 11.5 Å². The zero-order chi connectivity index (χ0) is 21.9. The van der Waals surface area contributed by atoms with Crippen LogP contribution in [0.4, 0.5) is 0 Å². The fraction of sp³-hybridized carbons (Fsp3) is 0.588. The average molecular weight is 374 g/mol. The van der Waals surface area contributed by atoms with E-state index in [9.17, 15) is 20.1 Å². The van der Waals surface area contributed by atoms with Crippen LogP contribution in [0.25, 0.3) is 0 Å². The van der Waals surface area contributed by atoms with Gasteiger partial charge < -0.3 is 40.0 Å². The molecule has 0 aliphatic carbocycles. The minimum atomic E-state index is -2.27. The van der Waals surface area contributed by atoms with Gasteiger partial charge in [-0.1, -0.05) is 6.07 Å². The molecule has 1 aliphatic rings. The summed E-state index contributed by atoms with van der Waals surface area (Å²) in [4.78, 5) is 11.2. The molecule has 1 heterocycles. The first-order chi connectivity index (χ1) is 13.4. The molecule has 1 saturated heterocycles. The maximum Gasteiger partial charge on any atom is 0.335 e. The average Bonchev–Trinajstić information content (AvgIpc) is 2.61. The monoisotopic (exact) mass is 374 g/mol. The van der Waals surface area contributed by atoms with Gasteiger partial charge in [0.15, 0.2) is 17.6 Å². The number of carboxylic acids is 1. The number of nitrogens with one attached hydrogen (secondary N) is 1. The SMILES string of the molecule is [2H]C([2H])([2H])NC(C)Cc1ccc(O[C@@H]2O[C@H](C(=O)O)[C@@H](O)[C@H](O)[C@H]2O)c(OC)c1. The second-order valence-electron chi connectivity index (χ2n) is 6.09. The Hall–Kier alpha value is -1.91. The molecule has 6 atom stereocenters. The molecule has 1 aliphatic heterocycles. The van der Waals surface area contributed by atoms with Crippen LogP contribution in [0.3, 0.4) is 0 Å². The minimum Gasteiger partial charge on any atom is -0.493 e. The minimum absolute atomic E-state index is 0.101. The lowest BCUT2D eigenvalue weighted by atomic mass is 9.99. The number of hydrogen-bond acceptors (Lipinski definition) is 8. The molecule has 1 fully saturated rings. The Balaban J connectivity index is 2.15. The highest BCUT2D eigenvalue weighted by Crippen LogP contribution is 2.32. The molecule has 0 aromatic heterocycles. The largest absolute Gasteiger partial charge is 0.493 e. The molecule has 9 heteroatoms. The molecular weight excluding hydrogens is 346 g/mol. The van der Waals surface area contributed by atoms with Gasteiger partial charge in [-0.15, -0.1) is 0 Å². The molecule has 146 valence electrons. The Morgan fingerprint density at radius 2 is 2.04 bits per heavy atom. The van der Waals surface area contributed by atoms with E-state index in [2.05, 4.69) is 5.32 Å². The van der Waals surface area contributed by atoms with E-state index < -0.39 is 43.7 Å². The number of aliphatic hydroxyl groups is 3. The van der Waals surface area contributed by atoms with Crippen LogP contribution < -0.4 is 14.8 Å². The first kappa shape index (κ1) is 16.3. The van der Waals surface area contributed by atoms with Crippen LogP contribution >= 0.6 is 0 Å². The van der Waals surface area contributed by atoms with Crippen molar-refractivity contribution >= 4 is 5.97 Å². The fourth-order valence-corrected chi connectivity index (χ4v) is 2.62. The summed E-state index contributed by atoms with van der Waals surface area (Å²) in [7, 11) is 1.37. The summed E-state index contributed by atoms with van der Waals surface area (Å²) in [5.41, 5.74) is 0.738. The van der Waals surface area contributed by atoms with E-state index in [0.717, 1.165) is 5.56 Å². The van der Waals surface area contributed by atoms with Gasteiger partial charge in [0.25, 0.3) is 0 Å². The molecule has 26 heavy (non-hydrogen) atoms. The fourth-order valence-electron chi connectivity index (χ4n) is 2.62. The Kier molecular flexibility index (Phi) is 5.42. The highest BCUT2D eigenvalue weighted by Gasteiger charge is 2.48. The molecule has 1 aromatic carbocycles. The lowest BCUT2D eigenvalue weighted by molar-refractivity contribution is -0.271. The number of likely N-dealkylation sites (N-methyl/N-ethyl adjacent to an activating group) is 1. The maximum atomic E-state index is 11.2. The van der Waals surface area contributed by atoms with Gasteiger partial charge in [0, 0.05) is 10.2 Å². The zero-order valence-electron chi connectivity index (χ0n) is 17.3. The lowest BCUT2D eigenvalue weighted by Crippen LogP contribution is -2.61. The molecule has 0 spiro atoms. The van der Waals surface area contributed by atoms with E-state index >= 15 is 0 Å². The summed E-state index contributed by atoms with van der Waals surface area (Å²) < 4.78 is 37.5. The van der Waals surface area contributed by atoms with Gasteiger partial charge in [0.1, 0.15) is 18.3 Å². The number of rotatable bonds is 7. The van der Waals surface area contributed by atoms with Crippen molar-refractivity contribution in [2.75, 3.05) is 14.1 Å². The van der Waals surface area contributed by atoms with Gasteiger partial charge in [-0.2, -0.15) is 0 Å². The number of methoxy groups -OCH3 is 1. The van der Waals surface area contributed by atoms with E-state index in [1.165, 1.54) is 13.2 Å². The van der Waals surface area contributed by atoms with Crippen molar-refractivity contribution < 1.29 is 43.5 Å². The van der Waals surface area contributed by atoms with Crippen molar-refractivity contribution in [3.63, 3.8) is 0 Å². The van der Waals surface area contributed by atoms with Gasteiger partial charge in [-0.3, -0.25) is 0 Å². The summed E-state index contributed by atoms with van der Waals surface area (Å²) >= 11 is 0. The summed E-state index contributed by atoms with van der Waals surface area (Å²) in [6, 6.07) is 4.38. The Bertz CT molecular complexity index is 716. The predicted molar refractivity (Wildman–Crippen MR) is 90.2 cm³/mol. The van der Waals surface area contributed by atoms with Crippen molar-refractivity contribution in [3.8, 4) is 11.5 Å². The molecule has 1 aromatic rings. The van der Waals surface area contributed by atoms with Gasteiger partial charge in [0.05, 0.1) is 7.11 Å². The molecule has 0 amide bonds. The molecule has 0 radical (unpaired) electrons. The highest BCUT2D eigenvalue weighted by atomic mass is 16.7. The Morgan fingerprint density at radius 1 is 1.31 bits per heavy atom. The van der Waals surface area contributed by atoms with Crippen LogP contribution in [-0.2, 0) is 16.0 Å². The van der Waals surface area contributed by atoms with Crippen LogP contribution in [-0.4, -0.2) is 77.2 Å². The molecule has 1 unspecified atom stereocenters. The summed E-state index contributed by atoms with van der Waals surface area (Å²) in [5.74, 6) is -1.19. The van der Waals surface area contributed by atoms with E-state index in [1.807, 2.05) is 0 Å². The highest BCUT2D eigenvalue weighted by molar-refractivity contribution is 5.73. The number of hydrogen-bond donors (Lipinski definition) is 5. The topological polar surface area (TPSA) is 138 Å². The van der Waals surface area contributed by atoms with Gasteiger partial charge in [0.2, 0.25) is 6.29 Å². The molecule has 9 nitrogen and oxygen atoms in total. The van der Waals surface area contributed by atoms with Crippen molar-refractivity contribution in [2.24, 2.45) is 0 Å². The molecule has 2 rings (SSSR count). The van der Waals surface area contributed by atoms with Crippen molar-refractivity contribution in [1.29, 1.82) is 0 Å². The molecule has 0 bridgehead atoms. The molecule has 0 saturated carbocycles. The van der Waals surface area contributed by atoms with E-state index in [-0.39, 0.29) is 17.5 Å². The van der Waals surface area contributed by atoms with Crippen LogP contribution in [0, 0.1) is 0 Å². The number of benzene rings is 1. The maximum absolute atomic E-state index is 11.2. The smallest absolute Gasteiger partial charge is 0.335 e. The van der Waals surface area contributed by atoms with E-state index in [1.54, 1.807) is 19.1 Å². The second-order valence-corrected chi connectivity index (χ2v) is 6.09. The number of carbonyl (C=O) groups is 1. The number of aliphatic hydroxyl groups excluding tert-OH is 3. The van der Waals surface area contributed by atoms with Crippen molar-refractivity contribution in [3.05, 3.63) is 23.8 Å². The van der Waals surface area contributed by atoms with Gasteiger partial charge >= 0.3 is 5.97 Å². The normalized spacial score (nSPS) is 32.0. The van der Waals surface area contributed by atoms with Crippen LogP contribution in [0.1, 0.15) is 16.6 Å². The second kappa shape index (κ2) is 8.65. The first-order valence-corrected chi connectivity index (χ1v) is 7.96. The van der Waals surface area contributed by atoms with Crippen LogP contribution in [0.2, 0.25) is 0 Å². The third-order valence-electron chi connectivity index (χ3n) is 4.07. The number of carboxylic acid groups (broad SMARTS) is 1. The first-order valence-electron chi connectivity index (χ1n) is 9.46.